The van der Waals surface area contributed by atoms with Crippen molar-refractivity contribution in [3.63, 3.8) is 0 Å². The lowest BCUT2D eigenvalue weighted by Crippen LogP contribution is -2.17. The molecule has 0 N–H and O–H groups in total. The van der Waals surface area contributed by atoms with Crippen LogP contribution in [0, 0.1) is 6.92 Å². The Morgan fingerprint density at radius 1 is 1.25 bits per heavy atom. The molecule has 0 aliphatic heterocycles. The van der Waals surface area contributed by atoms with E-state index in [0.29, 0.717) is 11.5 Å². The predicted octanol–water partition coefficient (Wildman–Crippen LogP) is 3.80. The Morgan fingerprint density at radius 3 is 2.44 bits per heavy atom. The first-order valence-electron chi connectivity index (χ1n) is 4.67. The second kappa shape index (κ2) is 4.12. The van der Waals surface area contributed by atoms with E-state index in [2.05, 4.69) is 4.98 Å². The second-order valence-corrected chi connectivity index (χ2v) is 4.66. The van der Waals surface area contributed by atoms with Gasteiger partial charge in [0.1, 0.15) is 5.82 Å². The number of aromatic nitrogens is 2. The monoisotopic (exact) mass is 334 g/mol. The van der Waals surface area contributed by atoms with Crippen molar-refractivity contribution in [1.82, 2.24) is 9.55 Å². The second-order valence-electron chi connectivity index (χ2n) is 3.36. The lowest BCUT2D eigenvalue weighted by atomic mass is 10.2. The number of benzene rings is 1. The molecule has 0 radical (unpaired) electrons. The standard InChI is InChI=1S/C11H9F2IN2/c1-8-15-7-10(16(8)11(12,13)14)9-5-3-2-4-6-9/h2-7H,1H3. The first-order chi connectivity index (χ1) is 7.50. The Bertz CT molecular complexity index is 488. The fraction of sp³-hybridized carbons (Fsp3) is 0.182. The molecular weight excluding hydrogens is 325 g/mol. The highest BCUT2D eigenvalue weighted by atomic mass is 127. The molecule has 1 aromatic carbocycles. The molecule has 0 unspecified atom stereocenters. The number of imidazole rings is 1. The summed E-state index contributed by atoms with van der Waals surface area (Å²) in [4.78, 5) is 3.94. The average Bonchev–Trinajstić information content (AvgIpc) is 2.61. The first-order valence-corrected chi connectivity index (χ1v) is 5.75. The van der Waals surface area contributed by atoms with Gasteiger partial charge in [-0.1, -0.05) is 30.3 Å². The fourth-order valence-corrected chi connectivity index (χ4v) is 2.19. The number of aryl methyl sites for hydroxylation is 1. The van der Waals surface area contributed by atoms with Crippen LogP contribution in [0.15, 0.2) is 36.5 Å². The third-order valence-electron chi connectivity index (χ3n) is 2.26. The highest BCUT2D eigenvalue weighted by Gasteiger charge is 2.31. The topological polar surface area (TPSA) is 17.8 Å². The minimum absolute atomic E-state index is 0.304. The Kier molecular flexibility index (Phi) is 2.96. The van der Waals surface area contributed by atoms with Gasteiger partial charge in [-0.2, -0.15) is 8.78 Å². The van der Waals surface area contributed by atoms with Gasteiger partial charge in [-0.15, -0.1) is 0 Å². The fourth-order valence-electron chi connectivity index (χ4n) is 1.58. The number of halogens is 3. The van der Waals surface area contributed by atoms with Crippen molar-refractivity contribution in [3.8, 4) is 11.3 Å². The Balaban J connectivity index is 2.60. The van der Waals surface area contributed by atoms with Crippen molar-refractivity contribution < 1.29 is 8.78 Å². The van der Waals surface area contributed by atoms with Gasteiger partial charge >= 0.3 is 4.05 Å². The van der Waals surface area contributed by atoms with Gasteiger partial charge in [0.05, 0.1) is 11.9 Å². The number of hydrogen-bond donors (Lipinski definition) is 0. The van der Waals surface area contributed by atoms with E-state index in [1.807, 2.05) is 18.2 Å². The zero-order valence-electron chi connectivity index (χ0n) is 8.49. The van der Waals surface area contributed by atoms with E-state index >= 15 is 0 Å². The van der Waals surface area contributed by atoms with Crippen molar-refractivity contribution in [1.29, 1.82) is 0 Å². The highest BCUT2D eigenvalue weighted by molar-refractivity contribution is 14.1. The van der Waals surface area contributed by atoms with Crippen molar-refractivity contribution in [2.24, 2.45) is 0 Å². The highest BCUT2D eigenvalue weighted by Crippen LogP contribution is 2.35. The van der Waals surface area contributed by atoms with E-state index in [9.17, 15) is 8.78 Å². The molecule has 0 atom stereocenters. The molecule has 84 valence electrons. The molecule has 1 aromatic heterocycles. The molecule has 0 saturated heterocycles. The average molecular weight is 334 g/mol. The molecule has 0 aliphatic rings. The summed E-state index contributed by atoms with van der Waals surface area (Å²) in [6.45, 7) is 1.57. The van der Waals surface area contributed by atoms with Crippen LogP contribution in [0.3, 0.4) is 0 Å². The van der Waals surface area contributed by atoms with Crippen molar-refractivity contribution in [2.45, 2.75) is 11.0 Å². The molecular formula is C11H9F2IN2. The molecule has 0 spiro atoms. The predicted molar refractivity (Wildman–Crippen MR) is 66.6 cm³/mol. The van der Waals surface area contributed by atoms with Crippen LogP contribution >= 0.6 is 22.6 Å². The number of nitrogens with zero attached hydrogens (tertiary/aromatic N) is 2. The summed E-state index contributed by atoms with van der Waals surface area (Å²) in [5, 5.41) is 0. The third-order valence-corrected chi connectivity index (χ3v) is 2.74. The van der Waals surface area contributed by atoms with E-state index in [0.717, 1.165) is 32.7 Å². The minimum atomic E-state index is -2.97. The summed E-state index contributed by atoms with van der Waals surface area (Å²) in [6, 6.07) is 9.05. The summed E-state index contributed by atoms with van der Waals surface area (Å²) in [6.07, 6.45) is 1.47. The molecule has 0 saturated carbocycles. The van der Waals surface area contributed by atoms with Gasteiger partial charge in [-0.05, 0) is 12.5 Å². The molecule has 2 aromatic rings. The van der Waals surface area contributed by atoms with Crippen LogP contribution < -0.4 is 0 Å². The molecule has 16 heavy (non-hydrogen) atoms. The van der Waals surface area contributed by atoms with Crippen LogP contribution in [0.25, 0.3) is 11.3 Å². The van der Waals surface area contributed by atoms with E-state index in [1.54, 1.807) is 19.1 Å². The molecule has 2 nitrogen and oxygen atoms in total. The molecule has 0 fully saturated rings. The zero-order valence-corrected chi connectivity index (χ0v) is 10.6. The van der Waals surface area contributed by atoms with Crippen molar-refractivity contribution in [2.75, 3.05) is 0 Å². The molecule has 2 rings (SSSR count). The quantitative estimate of drug-likeness (QED) is 0.603. The number of hydrogen-bond acceptors (Lipinski definition) is 1. The maximum atomic E-state index is 13.4. The van der Waals surface area contributed by atoms with Crippen LogP contribution in [0.5, 0.6) is 0 Å². The molecule has 0 amide bonds. The van der Waals surface area contributed by atoms with Crippen molar-refractivity contribution >= 4 is 22.6 Å². The summed E-state index contributed by atoms with van der Waals surface area (Å²) in [5.41, 5.74) is 1.16. The molecule has 5 heteroatoms. The summed E-state index contributed by atoms with van der Waals surface area (Å²) in [7, 11) is 0. The van der Waals surface area contributed by atoms with Gasteiger partial charge in [-0.3, -0.25) is 4.57 Å². The smallest absolute Gasteiger partial charge is 0.259 e. The van der Waals surface area contributed by atoms with Gasteiger partial charge in [-0.25, -0.2) is 4.98 Å². The van der Waals surface area contributed by atoms with Gasteiger partial charge in [0.25, 0.3) is 0 Å². The van der Waals surface area contributed by atoms with E-state index in [4.69, 9.17) is 0 Å². The van der Waals surface area contributed by atoms with Crippen LogP contribution in [0.1, 0.15) is 5.82 Å². The van der Waals surface area contributed by atoms with Gasteiger partial charge in [0.2, 0.25) is 0 Å². The Labute approximate surface area is 105 Å². The van der Waals surface area contributed by atoms with Gasteiger partial charge < -0.3 is 0 Å². The minimum Gasteiger partial charge on any atom is -0.259 e. The SMILES string of the molecule is Cc1ncc(-c2ccccc2)n1C(F)(F)I. The maximum Gasteiger partial charge on any atom is 0.382 e. The van der Waals surface area contributed by atoms with Crippen LogP contribution in [0.2, 0.25) is 0 Å². The lowest BCUT2D eigenvalue weighted by molar-refractivity contribution is 0.0457. The van der Waals surface area contributed by atoms with Crippen LogP contribution in [-0.2, 0) is 4.05 Å². The normalized spacial score (nSPS) is 11.8. The van der Waals surface area contributed by atoms with Gasteiger partial charge in [0, 0.05) is 22.6 Å². The van der Waals surface area contributed by atoms with E-state index in [-0.39, 0.29) is 0 Å². The summed E-state index contributed by atoms with van der Waals surface area (Å²) in [5.74, 6) is 0.304. The summed E-state index contributed by atoms with van der Waals surface area (Å²) >= 11 is 1.11. The maximum absolute atomic E-state index is 13.4. The molecule has 0 bridgehead atoms. The summed E-state index contributed by atoms with van der Waals surface area (Å²) < 4.78 is 24.8. The zero-order chi connectivity index (χ0) is 11.8. The Hall–Kier alpha value is -0.980. The van der Waals surface area contributed by atoms with E-state index < -0.39 is 4.05 Å². The Morgan fingerprint density at radius 2 is 1.88 bits per heavy atom. The van der Waals surface area contributed by atoms with Crippen LogP contribution in [0.4, 0.5) is 8.78 Å². The number of alkyl halides is 3. The van der Waals surface area contributed by atoms with Gasteiger partial charge in [0.15, 0.2) is 0 Å². The third kappa shape index (κ3) is 2.09. The van der Waals surface area contributed by atoms with Crippen molar-refractivity contribution in [3.05, 3.63) is 42.4 Å². The molecule has 0 aliphatic carbocycles. The number of rotatable bonds is 2. The first kappa shape index (κ1) is 11.5. The molecule has 1 heterocycles. The van der Waals surface area contributed by atoms with Crippen LogP contribution in [-0.4, -0.2) is 9.55 Å². The van der Waals surface area contributed by atoms with E-state index in [1.165, 1.54) is 6.20 Å². The largest absolute Gasteiger partial charge is 0.382 e. The lowest BCUT2D eigenvalue weighted by Gasteiger charge is -2.15.